The van der Waals surface area contributed by atoms with E-state index >= 15 is 4.39 Å². The normalized spacial score (nSPS) is 18.3. The summed E-state index contributed by atoms with van der Waals surface area (Å²) < 4.78 is 16.4. The number of nitriles is 1. The number of piperazine rings is 1. The molecule has 2 aromatic heterocycles. The summed E-state index contributed by atoms with van der Waals surface area (Å²) in [6.07, 6.45) is 4.83. The lowest BCUT2D eigenvalue weighted by Crippen LogP contribution is -2.54. The number of phenols is 1. The van der Waals surface area contributed by atoms with Gasteiger partial charge in [-0.2, -0.15) is 5.26 Å². The third-order valence-electron chi connectivity index (χ3n) is 8.28. The smallest absolute Gasteiger partial charge is 0.276 e. The monoisotopic (exact) mass is 704 g/mol. The number of amides is 1. The van der Waals surface area contributed by atoms with Crippen LogP contribution in [0.5, 0.6) is 5.75 Å². The zero-order valence-corrected chi connectivity index (χ0v) is 28.3. The number of fused-ring (bicyclic) bond motifs is 1. The van der Waals surface area contributed by atoms with E-state index in [1.807, 2.05) is 32.6 Å². The molecule has 3 aromatic rings. The van der Waals surface area contributed by atoms with Gasteiger partial charge in [0, 0.05) is 31.1 Å². The summed E-state index contributed by atoms with van der Waals surface area (Å²) in [5, 5.41) is 23.4. The number of carbonyl (C=O) groups excluding carboxylic acids is 1. The van der Waals surface area contributed by atoms with Crippen LogP contribution in [0.25, 0.3) is 28.0 Å². The first-order valence-electron chi connectivity index (χ1n) is 14.3. The Morgan fingerprint density at radius 1 is 1.24 bits per heavy atom. The molecule has 1 aromatic carbocycles. The van der Waals surface area contributed by atoms with Crippen molar-refractivity contribution in [3.8, 4) is 23.1 Å². The van der Waals surface area contributed by atoms with Crippen molar-refractivity contribution in [3.63, 3.8) is 0 Å². The van der Waals surface area contributed by atoms with Crippen LogP contribution in [0.15, 0.2) is 41.4 Å². The molecular formula is C32H29Cl4FN6O3. The van der Waals surface area contributed by atoms with Crippen molar-refractivity contribution >= 4 is 74.7 Å². The van der Waals surface area contributed by atoms with Crippen molar-refractivity contribution in [1.29, 1.82) is 5.26 Å². The number of halogens is 5. The van der Waals surface area contributed by atoms with E-state index in [2.05, 4.69) is 18.0 Å². The van der Waals surface area contributed by atoms with Gasteiger partial charge in [-0.25, -0.2) is 9.37 Å². The second-order valence-electron chi connectivity index (χ2n) is 11.5. The Labute approximate surface area is 284 Å². The molecule has 9 nitrogen and oxygen atoms in total. The van der Waals surface area contributed by atoms with Gasteiger partial charge in [0.2, 0.25) is 5.91 Å². The molecule has 2 atom stereocenters. The summed E-state index contributed by atoms with van der Waals surface area (Å²) in [5.74, 6) is -1.97. The van der Waals surface area contributed by atoms with E-state index in [0.29, 0.717) is 24.2 Å². The fourth-order valence-electron chi connectivity index (χ4n) is 6.05. The van der Waals surface area contributed by atoms with Gasteiger partial charge in [0.25, 0.3) is 5.56 Å². The van der Waals surface area contributed by atoms with Crippen LogP contribution in [-0.2, 0) is 4.79 Å². The van der Waals surface area contributed by atoms with Crippen LogP contribution in [0.4, 0.5) is 10.1 Å². The number of anilines is 1. The largest absolute Gasteiger partial charge is 0.506 e. The minimum atomic E-state index is -1.09. The Balaban J connectivity index is 1.91. The number of rotatable bonds is 5. The first-order chi connectivity index (χ1) is 21.7. The molecule has 2 aliphatic heterocycles. The van der Waals surface area contributed by atoms with E-state index in [9.17, 15) is 20.0 Å². The van der Waals surface area contributed by atoms with Crippen LogP contribution in [-0.4, -0.2) is 57.2 Å². The van der Waals surface area contributed by atoms with Crippen LogP contribution < -0.4 is 15.8 Å². The van der Waals surface area contributed by atoms with Crippen molar-refractivity contribution in [2.24, 2.45) is 5.92 Å². The van der Waals surface area contributed by atoms with Gasteiger partial charge in [0.1, 0.15) is 33.1 Å². The molecule has 0 spiro atoms. The van der Waals surface area contributed by atoms with Crippen molar-refractivity contribution < 1.29 is 14.3 Å². The first kappa shape index (κ1) is 33.6. The van der Waals surface area contributed by atoms with Crippen LogP contribution in [0, 0.1) is 23.1 Å². The third kappa shape index (κ3) is 5.39. The van der Waals surface area contributed by atoms with Gasteiger partial charge >= 0.3 is 0 Å². The summed E-state index contributed by atoms with van der Waals surface area (Å²) in [6.45, 7) is 12.1. The Bertz CT molecular complexity index is 1950. The predicted molar refractivity (Wildman–Crippen MR) is 181 cm³/mol. The lowest BCUT2D eigenvalue weighted by molar-refractivity contribution is -0.128. The van der Waals surface area contributed by atoms with E-state index < -0.39 is 32.2 Å². The van der Waals surface area contributed by atoms with Crippen LogP contribution >= 0.6 is 46.4 Å². The molecule has 14 heteroatoms. The number of hydrogen-bond acceptors (Lipinski definition) is 7. The molecular weight excluding hydrogens is 677 g/mol. The van der Waals surface area contributed by atoms with Gasteiger partial charge in [0.15, 0.2) is 5.82 Å². The molecule has 1 unspecified atom stereocenters. The molecule has 2 aliphatic rings. The number of phenolic OH excluding ortho intramolecular Hbond substituents is 1. The maximum absolute atomic E-state index is 15.1. The molecule has 0 aliphatic carbocycles. The second-order valence-corrected chi connectivity index (χ2v) is 13.0. The Morgan fingerprint density at radius 3 is 2.54 bits per heavy atom. The Kier molecular flexibility index (Phi) is 9.35. The maximum Gasteiger partial charge on any atom is 0.276 e. The molecule has 1 fully saturated rings. The number of aromatic hydroxyl groups is 1. The van der Waals surface area contributed by atoms with Crippen molar-refractivity contribution in [3.05, 3.63) is 78.4 Å². The van der Waals surface area contributed by atoms with Crippen LogP contribution in [0.2, 0.25) is 20.1 Å². The number of hydrogen-bond donors (Lipinski definition) is 2. The average Bonchev–Trinajstić information content (AvgIpc) is 3.02. The highest BCUT2D eigenvalue weighted by atomic mass is 35.5. The number of nitrogens with zero attached hydrogens (tertiary/aromatic N) is 5. The van der Waals surface area contributed by atoms with Gasteiger partial charge in [-0.1, -0.05) is 66.8 Å². The van der Waals surface area contributed by atoms with Gasteiger partial charge in [-0.3, -0.25) is 14.2 Å². The lowest BCUT2D eigenvalue weighted by atomic mass is 9.94. The molecule has 5 rings (SSSR count). The number of benzene rings is 1. The molecule has 1 saturated heterocycles. The highest BCUT2D eigenvalue weighted by Gasteiger charge is 2.34. The standard InChI is InChI=1S/C32H29Cl4FN6O3/c1-6-20(44)42-10-9-41(13-16(42)5)29-17-11-19(33)27(21-22(34)25(37)23(35)24(36)30(21)45)40-31(17)43(32(46)18(29)12-38)28-15(4)7-8-39-26(28)14(2)3/h6-8,11,14,16,26,39,45H,1,9-10,13H2,2-5H3/t16-,26?/m1/s1. The first-order valence-corrected chi connectivity index (χ1v) is 15.8. The molecule has 2 N–H and O–H groups in total. The summed E-state index contributed by atoms with van der Waals surface area (Å²) in [6, 6.07) is 2.96. The van der Waals surface area contributed by atoms with Crippen molar-refractivity contribution in [1.82, 2.24) is 19.8 Å². The zero-order chi connectivity index (χ0) is 33.8. The summed E-state index contributed by atoms with van der Waals surface area (Å²) in [4.78, 5) is 35.2. The number of dihydropyridines is 1. The fraction of sp³-hybridized carbons (Fsp3) is 0.312. The third-order valence-corrected chi connectivity index (χ3v) is 9.75. The van der Waals surface area contributed by atoms with Gasteiger partial charge < -0.3 is 20.2 Å². The Hall–Kier alpha value is -3.75. The number of nitrogens with one attached hydrogen (secondary N) is 1. The Morgan fingerprint density at radius 2 is 1.93 bits per heavy atom. The molecule has 0 saturated carbocycles. The molecule has 0 bridgehead atoms. The van der Waals surface area contributed by atoms with E-state index in [0.717, 1.165) is 5.57 Å². The second kappa shape index (κ2) is 12.8. The molecule has 0 radical (unpaired) electrons. The van der Waals surface area contributed by atoms with E-state index in [4.69, 9.17) is 51.4 Å². The van der Waals surface area contributed by atoms with Gasteiger partial charge in [0.05, 0.1) is 38.7 Å². The number of aromatic nitrogens is 2. The SMILES string of the molecule is C=CC(=O)N1CCN(c2c(C#N)c(=O)n(C3=C(C)C=CNC3C(C)C)c3nc(-c4c(O)c(Cl)c(Cl)c(F)c4Cl)c(Cl)cc23)C[C@H]1C. The molecule has 4 heterocycles. The number of allylic oxidation sites excluding steroid dienone is 2. The number of pyridine rings is 2. The highest BCUT2D eigenvalue weighted by Crippen LogP contribution is 2.48. The summed E-state index contributed by atoms with van der Waals surface area (Å²) >= 11 is 25.3. The molecule has 46 heavy (non-hydrogen) atoms. The zero-order valence-electron chi connectivity index (χ0n) is 25.3. The van der Waals surface area contributed by atoms with Gasteiger partial charge in [-0.05, 0) is 49.8 Å². The summed E-state index contributed by atoms with van der Waals surface area (Å²) in [7, 11) is 0. The predicted octanol–water partition coefficient (Wildman–Crippen LogP) is 6.99. The molecule has 240 valence electrons. The van der Waals surface area contributed by atoms with Crippen LogP contribution in [0.3, 0.4) is 0 Å². The number of carbonyl (C=O) groups is 1. The van der Waals surface area contributed by atoms with Crippen molar-refractivity contribution in [2.45, 2.75) is 39.8 Å². The lowest BCUT2D eigenvalue weighted by Gasteiger charge is -2.41. The fourth-order valence-corrected chi connectivity index (χ4v) is 6.98. The topological polar surface area (TPSA) is 114 Å². The van der Waals surface area contributed by atoms with Crippen LogP contribution in [0.1, 0.15) is 33.3 Å². The van der Waals surface area contributed by atoms with E-state index in [-0.39, 0.29) is 63.6 Å². The van der Waals surface area contributed by atoms with E-state index in [1.165, 1.54) is 16.7 Å². The minimum absolute atomic E-state index is 0.00665. The van der Waals surface area contributed by atoms with Crippen molar-refractivity contribution in [2.75, 3.05) is 24.5 Å². The quantitative estimate of drug-likeness (QED) is 0.167. The highest BCUT2D eigenvalue weighted by molar-refractivity contribution is 6.46. The minimum Gasteiger partial charge on any atom is -0.506 e. The summed E-state index contributed by atoms with van der Waals surface area (Å²) in [5.41, 5.74) is 0.378. The van der Waals surface area contributed by atoms with Gasteiger partial charge in [-0.15, -0.1) is 0 Å². The van der Waals surface area contributed by atoms with E-state index in [1.54, 1.807) is 17.2 Å². The maximum atomic E-state index is 15.1. The molecule has 1 amide bonds. The average molecular weight is 706 g/mol.